The summed E-state index contributed by atoms with van der Waals surface area (Å²) in [6.45, 7) is 0. The monoisotopic (exact) mass is 556 g/mol. The number of benzene rings is 4. The van der Waals surface area contributed by atoms with Gasteiger partial charge >= 0.3 is 199 Å². The molecule has 166 valence electrons. The van der Waals surface area contributed by atoms with Gasteiger partial charge in [-0.05, 0) is 0 Å². The van der Waals surface area contributed by atoms with Crippen LogP contribution in [0.2, 0.25) is 3.63 Å². The van der Waals surface area contributed by atoms with Gasteiger partial charge in [0, 0.05) is 0 Å². The predicted octanol–water partition coefficient (Wildman–Crippen LogP) is 0.693. The van der Waals surface area contributed by atoms with Gasteiger partial charge in [-0.2, -0.15) is 0 Å². The average molecular weight is 559 g/mol. The van der Waals surface area contributed by atoms with Gasteiger partial charge in [0.1, 0.15) is 0 Å². The number of allylic oxidation sites excluding steroid dienone is 4. The molecule has 2 aliphatic carbocycles. The van der Waals surface area contributed by atoms with Crippen LogP contribution in [-0.2, 0) is 27.7 Å². The number of fused-ring (bicyclic) bond motifs is 3. The molecule has 0 radical (unpaired) electrons. The summed E-state index contributed by atoms with van der Waals surface area (Å²) in [5, 5.41) is 0. The van der Waals surface area contributed by atoms with E-state index in [1.165, 1.54) is 27.8 Å². The molecule has 0 saturated carbocycles. The van der Waals surface area contributed by atoms with Crippen molar-refractivity contribution in [1.82, 2.24) is 0 Å². The van der Waals surface area contributed by atoms with Gasteiger partial charge in [-0.25, -0.2) is 0 Å². The minimum Gasteiger partial charge on any atom is -1.00 e. The van der Waals surface area contributed by atoms with E-state index >= 15 is 0 Å². The SMILES string of the molecule is C1=C[CH]([Zr+2](=[C](c2ccccc2)c2ccccc2)[c]2cccc3c2Cc2ccccc2-3)C=C1.[Cl-].[Cl-]. The van der Waals surface area contributed by atoms with Crippen LogP contribution in [0.15, 0.2) is 127 Å². The van der Waals surface area contributed by atoms with Gasteiger partial charge in [-0.15, -0.1) is 0 Å². The molecule has 0 amide bonds. The van der Waals surface area contributed by atoms with Crippen LogP contribution < -0.4 is 28.1 Å². The van der Waals surface area contributed by atoms with E-state index in [4.69, 9.17) is 0 Å². The number of hydrogen-bond acceptors (Lipinski definition) is 0. The van der Waals surface area contributed by atoms with Crippen molar-refractivity contribution in [1.29, 1.82) is 0 Å². The van der Waals surface area contributed by atoms with E-state index in [-0.39, 0.29) is 24.8 Å². The summed E-state index contributed by atoms with van der Waals surface area (Å²) in [5.74, 6) is 0. The first-order chi connectivity index (χ1) is 15.9. The molecule has 0 heterocycles. The Morgan fingerprint density at radius 3 is 1.79 bits per heavy atom. The topological polar surface area (TPSA) is 0 Å². The van der Waals surface area contributed by atoms with E-state index in [9.17, 15) is 0 Å². The number of halogens is 2. The molecule has 0 unspecified atom stereocenters. The van der Waals surface area contributed by atoms with Crippen molar-refractivity contribution in [3.8, 4) is 11.1 Å². The minimum atomic E-state index is -2.43. The second kappa shape index (κ2) is 11.0. The van der Waals surface area contributed by atoms with Crippen molar-refractivity contribution in [2.75, 3.05) is 0 Å². The van der Waals surface area contributed by atoms with E-state index in [2.05, 4.69) is 127 Å². The van der Waals surface area contributed by atoms with Crippen LogP contribution in [0.5, 0.6) is 0 Å². The molecule has 0 spiro atoms. The fourth-order valence-electron chi connectivity index (χ4n) is 5.20. The quantitative estimate of drug-likeness (QED) is 0.305. The van der Waals surface area contributed by atoms with Crippen molar-refractivity contribution < 1.29 is 46.1 Å². The first-order valence-electron chi connectivity index (χ1n) is 11.3. The maximum absolute atomic E-state index is 2.45. The molecule has 3 heteroatoms. The van der Waals surface area contributed by atoms with Crippen molar-refractivity contribution in [3.63, 3.8) is 0 Å². The van der Waals surface area contributed by atoms with Gasteiger partial charge in [-0.1, -0.05) is 0 Å². The maximum atomic E-state index is 2.45. The summed E-state index contributed by atoms with van der Waals surface area (Å²) >= 11 is -2.43. The number of hydrogen-bond donors (Lipinski definition) is 0. The first-order valence-corrected chi connectivity index (χ1v) is 15.2. The zero-order chi connectivity index (χ0) is 21.3. The molecule has 0 saturated heterocycles. The van der Waals surface area contributed by atoms with E-state index in [1.54, 1.807) is 12.0 Å². The summed E-state index contributed by atoms with van der Waals surface area (Å²) in [6.07, 6.45) is 10.4. The summed E-state index contributed by atoms with van der Waals surface area (Å²) in [6, 6.07) is 38.3. The van der Waals surface area contributed by atoms with E-state index < -0.39 is 21.3 Å². The Hall–Kier alpha value is -2.31. The zero-order valence-corrected chi connectivity index (χ0v) is 22.6. The Morgan fingerprint density at radius 2 is 1.15 bits per heavy atom. The summed E-state index contributed by atoms with van der Waals surface area (Å²) < 4.78 is 3.77. The third kappa shape index (κ3) is 4.50. The van der Waals surface area contributed by atoms with Crippen LogP contribution in [-0.4, -0.2) is 3.21 Å². The molecule has 4 aromatic carbocycles. The third-order valence-electron chi connectivity index (χ3n) is 6.62. The van der Waals surface area contributed by atoms with E-state index in [1.807, 2.05) is 0 Å². The van der Waals surface area contributed by atoms with Crippen LogP contribution >= 0.6 is 0 Å². The molecule has 0 bridgehead atoms. The van der Waals surface area contributed by atoms with Crippen molar-refractivity contribution in [2.24, 2.45) is 0 Å². The minimum absolute atomic E-state index is 0. The second-order valence-corrected chi connectivity index (χ2v) is 14.7. The molecule has 0 atom stereocenters. The number of rotatable bonds is 4. The summed E-state index contributed by atoms with van der Waals surface area (Å²) in [5.41, 5.74) is 8.68. The maximum Gasteiger partial charge on any atom is -1.00 e. The van der Waals surface area contributed by atoms with Crippen molar-refractivity contribution in [2.45, 2.75) is 10.0 Å². The van der Waals surface area contributed by atoms with Crippen molar-refractivity contribution >= 4 is 6.48 Å². The van der Waals surface area contributed by atoms with Crippen LogP contribution in [0, 0.1) is 0 Å². The summed E-state index contributed by atoms with van der Waals surface area (Å²) in [7, 11) is 0. The van der Waals surface area contributed by atoms with Crippen LogP contribution in [0.1, 0.15) is 22.3 Å². The van der Waals surface area contributed by atoms with E-state index in [0.717, 1.165) is 6.42 Å². The van der Waals surface area contributed by atoms with Gasteiger partial charge < -0.3 is 24.8 Å². The molecule has 0 nitrogen and oxygen atoms in total. The first kappa shape index (κ1) is 24.8. The third-order valence-corrected chi connectivity index (χ3v) is 14.5. The van der Waals surface area contributed by atoms with Gasteiger partial charge in [0.2, 0.25) is 0 Å². The molecular formula is C31H24Cl2Zr. The molecule has 4 aromatic rings. The standard InChI is InChI=1S/C13H9.C13H10.C5H5.2ClH.Zr/c1-3-7-12-10(5-1)9-11-6-2-4-8-13(11)12;1-3-7-12(8-4-1)11-13-9-5-2-6-10-13;1-2-4-5-3-1;;;/h1-5,7-8H,9H2;1-10H;1-5H;2*1H;/q;;;;;+2/p-2. The molecule has 0 aromatic heterocycles. The van der Waals surface area contributed by atoms with E-state index in [0.29, 0.717) is 3.63 Å². The van der Waals surface area contributed by atoms with Gasteiger partial charge in [-0.3, -0.25) is 0 Å². The Balaban J connectivity index is 0.00000137. The largest absolute Gasteiger partial charge is 1.00 e. The Bertz CT molecular complexity index is 1330. The molecule has 0 N–H and O–H groups in total. The normalized spacial score (nSPS) is 12.7. The smallest absolute Gasteiger partial charge is 1.00 e. The van der Waals surface area contributed by atoms with Gasteiger partial charge in [0.25, 0.3) is 0 Å². The molecule has 2 aliphatic rings. The molecule has 34 heavy (non-hydrogen) atoms. The average Bonchev–Trinajstić information content (AvgIpc) is 3.52. The molecular weight excluding hydrogens is 534 g/mol. The van der Waals surface area contributed by atoms with Crippen LogP contribution in [0.4, 0.5) is 0 Å². The second-order valence-electron chi connectivity index (χ2n) is 8.48. The van der Waals surface area contributed by atoms with Gasteiger partial charge in [0.15, 0.2) is 0 Å². The Labute approximate surface area is 222 Å². The Kier molecular flexibility index (Phi) is 8.00. The van der Waals surface area contributed by atoms with Crippen LogP contribution in [0.25, 0.3) is 11.1 Å². The molecule has 0 fully saturated rings. The molecule has 0 aliphatic heterocycles. The fourth-order valence-corrected chi connectivity index (χ4v) is 13.4. The fraction of sp³-hybridized carbons (Fsp3) is 0.0645. The molecule has 6 rings (SSSR count). The predicted molar refractivity (Wildman–Crippen MR) is 132 cm³/mol. The van der Waals surface area contributed by atoms with Crippen LogP contribution in [0.3, 0.4) is 0 Å². The van der Waals surface area contributed by atoms with Crippen molar-refractivity contribution in [3.05, 3.63) is 150 Å². The zero-order valence-electron chi connectivity index (χ0n) is 18.7. The summed E-state index contributed by atoms with van der Waals surface area (Å²) in [4.78, 5) is 0. The Morgan fingerprint density at radius 1 is 0.588 bits per heavy atom. The van der Waals surface area contributed by atoms with Gasteiger partial charge in [0.05, 0.1) is 0 Å².